The minimum atomic E-state index is -1.33. The number of likely N-dealkylation sites (tertiary alicyclic amines) is 1. The van der Waals surface area contributed by atoms with Gasteiger partial charge in [-0.3, -0.25) is 19.6 Å². The Balaban J connectivity index is 1.23. The van der Waals surface area contributed by atoms with Gasteiger partial charge in [-0.05, 0) is 42.2 Å². The molecule has 2 N–H and O–H groups in total. The Bertz CT molecular complexity index is 1440. The average molecular weight is 510 g/mol. The molecule has 4 heterocycles. The molecule has 11 heteroatoms. The van der Waals surface area contributed by atoms with E-state index >= 15 is 4.39 Å². The summed E-state index contributed by atoms with van der Waals surface area (Å²) in [5.41, 5.74) is 2.06. The number of piperidine rings is 1. The maximum absolute atomic E-state index is 15.1. The first kappa shape index (κ1) is 22.5. The summed E-state index contributed by atoms with van der Waals surface area (Å²) in [5.74, 6) is -1.03. The van der Waals surface area contributed by atoms with Crippen LogP contribution < -0.4 is 10.6 Å². The number of carbonyl (C=O) groups is 3. The van der Waals surface area contributed by atoms with Crippen LogP contribution in [0.4, 0.5) is 14.9 Å². The van der Waals surface area contributed by atoms with Crippen LogP contribution in [0.2, 0.25) is 5.02 Å². The van der Waals surface area contributed by atoms with E-state index in [1.807, 2.05) is 12.1 Å². The van der Waals surface area contributed by atoms with E-state index in [1.54, 1.807) is 27.9 Å². The molecule has 3 amide bonds. The lowest BCUT2D eigenvalue weighted by Crippen LogP contribution is -2.53. The molecule has 1 aromatic heterocycles. The molecule has 1 spiro atoms. The van der Waals surface area contributed by atoms with E-state index in [0.717, 1.165) is 11.1 Å². The third kappa shape index (κ3) is 3.69. The van der Waals surface area contributed by atoms with Gasteiger partial charge in [-0.1, -0.05) is 23.7 Å². The van der Waals surface area contributed by atoms with Crippen LogP contribution in [0.25, 0.3) is 0 Å². The fourth-order valence-electron chi connectivity index (χ4n) is 5.26. The van der Waals surface area contributed by atoms with Gasteiger partial charge in [0.05, 0.1) is 41.1 Å². The number of halogens is 2. The number of aromatic nitrogens is 2. The topological polar surface area (TPSA) is 106 Å². The second-order valence-electron chi connectivity index (χ2n) is 9.22. The summed E-state index contributed by atoms with van der Waals surface area (Å²) in [7, 11) is 0. The first-order valence-corrected chi connectivity index (χ1v) is 11.9. The largest absolute Gasteiger partial charge is 0.436 e. The molecule has 1 fully saturated rings. The highest BCUT2D eigenvalue weighted by Crippen LogP contribution is 2.45. The smallest absolute Gasteiger partial charge is 0.412 e. The Morgan fingerprint density at radius 1 is 1.25 bits per heavy atom. The number of carbonyl (C=O) groups excluding carboxylic acids is 3. The van der Waals surface area contributed by atoms with Gasteiger partial charge in [-0.15, -0.1) is 0 Å². The van der Waals surface area contributed by atoms with E-state index in [-0.39, 0.29) is 28.9 Å². The molecule has 0 unspecified atom stereocenters. The number of hydrogen-bond acceptors (Lipinski definition) is 5. The number of fused-ring (bicyclic) bond motifs is 3. The summed E-state index contributed by atoms with van der Waals surface area (Å²) < 4.78 is 22.4. The summed E-state index contributed by atoms with van der Waals surface area (Å²) in [6, 6.07) is 8.53. The van der Waals surface area contributed by atoms with Crippen molar-refractivity contribution in [3.05, 3.63) is 81.4 Å². The standard InChI is InChI=1S/C25H21ClFN5O4/c26-18-4-5-19-20(21(18)27)25(36-24(35)30-19)6-1-7-31(13-25)23(34)16-10-29-32(12-16)11-14-2-3-17-15(8-14)9-28-22(17)33/h2-5,8,10,12H,1,6-7,9,11,13H2,(H,28,33)(H,30,35)/t25-/m0/s1. The number of nitrogens with zero attached hydrogens (tertiary/aromatic N) is 3. The van der Waals surface area contributed by atoms with Crippen LogP contribution in [0.5, 0.6) is 0 Å². The van der Waals surface area contributed by atoms with Crippen molar-refractivity contribution in [2.45, 2.75) is 31.5 Å². The van der Waals surface area contributed by atoms with Crippen molar-refractivity contribution in [1.29, 1.82) is 0 Å². The summed E-state index contributed by atoms with van der Waals surface area (Å²) >= 11 is 6.03. The average Bonchev–Trinajstić information content (AvgIpc) is 3.47. The zero-order chi connectivity index (χ0) is 25.0. The molecule has 184 valence electrons. The van der Waals surface area contributed by atoms with Crippen LogP contribution in [0.3, 0.4) is 0 Å². The van der Waals surface area contributed by atoms with Gasteiger partial charge in [0.25, 0.3) is 11.8 Å². The van der Waals surface area contributed by atoms with Gasteiger partial charge in [0.15, 0.2) is 11.4 Å². The molecule has 0 aliphatic carbocycles. The second kappa shape index (κ2) is 8.34. The Morgan fingerprint density at radius 3 is 2.97 bits per heavy atom. The highest BCUT2D eigenvalue weighted by Gasteiger charge is 2.48. The minimum absolute atomic E-state index is 0.000542. The maximum Gasteiger partial charge on any atom is 0.412 e. The quantitative estimate of drug-likeness (QED) is 0.560. The molecule has 2 aromatic carbocycles. The number of nitrogens with one attached hydrogen (secondary N) is 2. The number of amides is 3. The van der Waals surface area contributed by atoms with Gasteiger partial charge in [0.2, 0.25) is 0 Å². The Labute approximate surface area is 210 Å². The van der Waals surface area contributed by atoms with Crippen LogP contribution in [-0.4, -0.2) is 45.7 Å². The predicted molar refractivity (Wildman–Crippen MR) is 127 cm³/mol. The van der Waals surface area contributed by atoms with Crippen molar-refractivity contribution in [2.75, 3.05) is 18.4 Å². The summed E-state index contributed by atoms with van der Waals surface area (Å²) in [6.45, 7) is 1.36. The van der Waals surface area contributed by atoms with Crippen molar-refractivity contribution in [1.82, 2.24) is 20.0 Å². The van der Waals surface area contributed by atoms with Crippen LogP contribution in [0, 0.1) is 5.82 Å². The summed E-state index contributed by atoms with van der Waals surface area (Å²) in [6.07, 6.45) is 3.32. The molecule has 0 radical (unpaired) electrons. The number of benzene rings is 2. The minimum Gasteiger partial charge on any atom is -0.436 e. The molecule has 6 rings (SSSR count). The molecular weight excluding hydrogens is 489 g/mol. The molecule has 36 heavy (non-hydrogen) atoms. The Morgan fingerprint density at radius 2 is 2.11 bits per heavy atom. The van der Waals surface area contributed by atoms with Gasteiger partial charge in [-0.25, -0.2) is 9.18 Å². The SMILES string of the molecule is O=C1Nc2ccc(Cl)c(F)c2[C@@]2(CCCN(C(=O)c3cnn(Cc4ccc5c(c4)CNC5=O)c3)C2)O1. The van der Waals surface area contributed by atoms with Crippen LogP contribution >= 0.6 is 11.6 Å². The van der Waals surface area contributed by atoms with Crippen LogP contribution in [0.1, 0.15) is 50.2 Å². The van der Waals surface area contributed by atoms with E-state index in [2.05, 4.69) is 15.7 Å². The lowest BCUT2D eigenvalue weighted by Gasteiger charge is -2.45. The van der Waals surface area contributed by atoms with Crippen LogP contribution in [0.15, 0.2) is 42.7 Å². The highest BCUT2D eigenvalue weighted by atomic mass is 35.5. The lowest BCUT2D eigenvalue weighted by atomic mass is 9.83. The monoisotopic (exact) mass is 509 g/mol. The van der Waals surface area contributed by atoms with E-state index < -0.39 is 17.5 Å². The van der Waals surface area contributed by atoms with Gasteiger partial charge in [0.1, 0.15) is 0 Å². The zero-order valence-corrected chi connectivity index (χ0v) is 19.8. The summed E-state index contributed by atoms with van der Waals surface area (Å²) in [4.78, 5) is 39.0. The van der Waals surface area contributed by atoms with E-state index in [0.29, 0.717) is 49.3 Å². The fourth-order valence-corrected chi connectivity index (χ4v) is 5.42. The number of hydrogen-bond donors (Lipinski definition) is 2. The van der Waals surface area contributed by atoms with Crippen molar-refractivity contribution >= 4 is 35.2 Å². The first-order chi connectivity index (χ1) is 17.3. The third-order valence-corrected chi connectivity index (χ3v) is 7.19. The number of anilines is 1. The molecular formula is C25H21ClFN5O4. The maximum atomic E-state index is 15.1. The third-order valence-electron chi connectivity index (χ3n) is 6.90. The molecule has 3 aliphatic heterocycles. The first-order valence-electron chi connectivity index (χ1n) is 11.5. The van der Waals surface area contributed by atoms with Gasteiger partial charge in [0, 0.05) is 24.8 Å². The zero-order valence-electron chi connectivity index (χ0n) is 19.0. The molecule has 0 bridgehead atoms. The molecule has 1 saturated heterocycles. The van der Waals surface area contributed by atoms with Crippen molar-refractivity contribution in [3.63, 3.8) is 0 Å². The van der Waals surface area contributed by atoms with Crippen molar-refractivity contribution in [3.8, 4) is 0 Å². The fraction of sp³-hybridized carbons (Fsp3) is 0.280. The molecule has 0 saturated carbocycles. The van der Waals surface area contributed by atoms with Crippen molar-refractivity contribution < 1.29 is 23.5 Å². The van der Waals surface area contributed by atoms with Gasteiger partial charge >= 0.3 is 6.09 Å². The Hall–Kier alpha value is -3.92. The number of rotatable bonds is 3. The normalized spacial score (nSPS) is 20.4. The molecule has 3 aliphatic rings. The van der Waals surface area contributed by atoms with Crippen molar-refractivity contribution in [2.24, 2.45) is 0 Å². The molecule has 3 aromatic rings. The van der Waals surface area contributed by atoms with E-state index in [9.17, 15) is 14.4 Å². The van der Waals surface area contributed by atoms with Gasteiger partial charge in [-0.2, -0.15) is 5.10 Å². The highest BCUT2D eigenvalue weighted by molar-refractivity contribution is 6.31. The summed E-state index contributed by atoms with van der Waals surface area (Å²) in [5, 5.41) is 9.56. The van der Waals surface area contributed by atoms with E-state index in [1.165, 1.54) is 12.3 Å². The second-order valence-corrected chi connectivity index (χ2v) is 9.63. The molecule has 9 nitrogen and oxygen atoms in total. The predicted octanol–water partition coefficient (Wildman–Crippen LogP) is 3.66. The molecule has 1 atom stereocenters. The Kier molecular flexibility index (Phi) is 5.22. The van der Waals surface area contributed by atoms with E-state index in [4.69, 9.17) is 16.3 Å². The van der Waals surface area contributed by atoms with Crippen LogP contribution in [-0.2, 0) is 23.4 Å². The lowest BCUT2D eigenvalue weighted by molar-refractivity contribution is -0.0418. The van der Waals surface area contributed by atoms with Gasteiger partial charge < -0.3 is 15.0 Å². The number of ether oxygens (including phenoxy) is 1.